The summed E-state index contributed by atoms with van der Waals surface area (Å²) in [5, 5.41) is 6.61. The molecule has 0 aliphatic carbocycles. The average molecular weight is 470 g/mol. The van der Waals surface area contributed by atoms with Crippen molar-refractivity contribution < 1.29 is 13.2 Å². The fourth-order valence-corrected chi connectivity index (χ4v) is 4.55. The molecular weight excluding hydrogens is 450 g/mol. The molecule has 1 saturated heterocycles. The lowest BCUT2D eigenvalue weighted by Gasteiger charge is -2.26. The topological polar surface area (TPSA) is 70.7 Å². The van der Waals surface area contributed by atoms with Gasteiger partial charge < -0.3 is 15.4 Å². The minimum absolute atomic E-state index is 0.261. The quantitative estimate of drug-likeness (QED) is 0.666. The van der Waals surface area contributed by atoms with E-state index in [0.717, 1.165) is 15.7 Å². The Morgan fingerprint density at radius 3 is 2.30 bits per heavy atom. The van der Waals surface area contributed by atoms with E-state index in [1.165, 1.54) is 4.31 Å². The van der Waals surface area contributed by atoms with Crippen LogP contribution in [0, 0.1) is 6.92 Å². The second-order valence-electron chi connectivity index (χ2n) is 6.08. The third-order valence-electron chi connectivity index (χ3n) is 4.14. The first kappa shape index (κ1) is 20.2. The molecule has 0 unspecified atom stereocenters. The van der Waals surface area contributed by atoms with Crippen molar-refractivity contribution >= 4 is 54.7 Å². The summed E-state index contributed by atoms with van der Waals surface area (Å²) in [6.07, 6.45) is 0. The molecule has 2 aromatic rings. The van der Waals surface area contributed by atoms with Crippen molar-refractivity contribution in [2.24, 2.45) is 0 Å². The van der Waals surface area contributed by atoms with E-state index < -0.39 is 10.0 Å². The number of thiocarbonyl (C=S) groups is 1. The average Bonchev–Trinajstić information content (AvgIpc) is 2.66. The number of anilines is 2. The molecule has 1 aliphatic rings. The van der Waals surface area contributed by atoms with Gasteiger partial charge in [-0.1, -0.05) is 15.9 Å². The van der Waals surface area contributed by atoms with Gasteiger partial charge in [0.2, 0.25) is 10.0 Å². The van der Waals surface area contributed by atoms with Gasteiger partial charge in [0.25, 0.3) is 0 Å². The van der Waals surface area contributed by atoms with Crippen LogP contribution in [0.5, 0.6) is 0 Å². The summed E-state index contributed by atoms with van der Waals surface area (Å²) in [5.74, 6) is 0. The Hall–Kier alpha value is -1.52. The molecule has 0 radical (unpaired) electrons. The van der Waals surface area contributed by atoms with Crippen LogP contribution in [0.4, 0.5) is 11.4 Å². The number of sulfonamides is 1. The third-order valence-corrected chi connectivity index (χ3v) is 7.14. The molecule has 0 spiro atoms. The van der Waals surface area contributed by atoms with E-state index in [9.17, 15) is 8.42 Å². The van der Waals surface area contributed by atoms with Crippen LogP contribution in [-0.2, 0) is 14.8 Å². The smallest absolute Gasteiger partial charge is 0.243 e. The Morgan fingerprint density at radius 1 is 1.07 bits per heavy atom. The summed E-state index contributed by atoms with van der Waals surface area (Å²) in [6, 6.07) is 12.4. The Morgan fingerprint density at radius 2 is 1.67 bits per heavy atom. The second kappa shape index (κ2) is 8.66. The maximum Gasteiger partial charge on any atom is 0.243 e. The number of nitrogens with zero attached hydrogens (tertiary/aromatic N) is 1. The molecule has 1 aliphatic heterocycles. The van der Waals surface area contributed by atoms with Gasteiger partial charge in [0.15, 0.2) is 5.11 Å². The summed E-state index contributed by atoms with van der Waals surface area (Å²) < 4.78 is 33.0. The summed E-state index contributed by atoms with van der Waals surface area (Å²) in [5.41, 5.74) is 2.68. The molecule has 3 rings (SSSR count). The monoisotopic (exact) mass is 469 g/mol. The van der Waals surface area contributed by atoms with Gasteiger partial charge in [0.05, 0.1) is 18.1 Å². The van der Waals surface area contributed by atoms with E-state index in [-0.39, 0.29) is 4.90 Å². The normalized spacial score (nSPS) is 15.3. The largest absolute Gasteiger partial charge is 0.379 e. The standard InChI is InChI=1S/C18H20BrN3O3S2/c1-13-12-15(4-7-17(13)19)21-18(26)20-14-2-5-16(6-3-14)27(23,24)22-8-10-25-11-9-22/h2-7,12H,8-11H2,1H3,(H2,20,21,26). The SMILES string of the molecule is Cc1cc(NC(=S)Nc2ccc(S(=O)(=O)N3CCOCC3)cc2)ccc1Br. The van der Waals surface area contributed by atoms with Crippen LogP contribution in [0.1, 0.15) is 5.56 Å². The molecule has 1 fully saturated rings. The van der Waals surface area contributed by atoms with Crippen LogP contribution in [0.25, 0.3) is 0 Å². The fraction of sp³-hybridized carbons (Fsp3) is 0.278. The molecule has 2 aromatic carbocycles. The highest BCUT2D eigenvalue weighted by atomic mass is 79.9. The lowest BCUT2D eigenvalue weighted by Crippen LogP contribution is -2.40. The van der Waals surface area contributed by atoms with E-state index in [1.807, 2.05) is 25.1 Å². The van der Waals surface area contributed by atoms with Crippen LogP contribution in [0.15, 0.2) is 51.8 Å². The molecule has 0 bridgehead atoms. The van der Waals surface area contributed by atoms with Gasteiger partial charge in [-0.05, 0) is 67.2 Å². The van der Waals surface area contributed by atoms with Gasteiger partial charge in [-0.2, -0.15) is 4.31 Å². The van der Waals surface area contributed by atoms with Gasteiger partial charge in [0, 0.05) is 28.9 Å². The van der Waals surface area contributed by atoms with Crippen molar-refractivity contribution in [3.8, 4) is 0 Å². The maximum absolute atomic E-state index is 12.6. The first-order chi connectivity index (χ1) is 12.9. The number of benzene rings is 2. The Kier molecular flexibility index (Phi) is 6.48. The van der Waals surface area contributed by atoms with Crippen molar-refractivity contribution in [3.05, 3.63) is 52.5 Å². The number of aryl methyl sites for hydroxylation is 1. The van der Waals surface area contributed by atoms with Crippen LogP contribution < -0.4 is 10.6 Å². The van der Waals surface area contributed by atoms with E-state index in [0.29, 0.717) is 37.1 Å². The molecule has 2 N–H and O–H groups in total. The van der Waals surface area contributed by atoms with Crippen LogP contribution >= 0.6 is 28.1 Å². The van der Waals surface area contributed by atoms with Crippen LogP contribution in [-0.4, -0.2) is 44.1 Å². The number of nitrogens with one attached hydrogen (secondary N) is 2. The van der Waals surface area contributed by atoms with Gasteiger partial charge in [-0.15, -0.1) is 0 Å². The Bertz CT molecular complexity index is 927. The van der Waals surface area contributed by atoms with Gasteiger partial charge in [-0.3, -0.25) is 0 Å². The number of hydrogen-bond donors (Lipinski definition) is 2. The number of rotatable bonds is 4. The minimum atomic E-state index is -3.49. The fourth-order valence-electron chi connectivity index (χ4n) is 2.66. The van der Waals surface area contributed by atoms with Crippen molar-refractivity contribution in [2.75, 3.05) is 36.9 Å². The Balaban J connectivity index is 1.64. The summed E-state index contributed by atoms with van der Waals surface area (Å²) in [4.78, 5) is 0.261. The van der Waals surface area contributed by atoms with Crippen LogP contribution in [0.2, 0.25) is 0 Å². The molecule has 0 amide bonds. The van der Waals surface area contributed by atoms with E-state index in [2.05, 4.69) is 26.6 Å². The molecule has 9 heteroatoms. The molecule has 27 heavy (non-hydrogen) atoms. The Labute approximate surface area is 173 Å². The second-order valence-corrected chi connectivity index (χ2v) is 9.28. The van der Waals surface area contributed by atoms with Crippen LogP contribution in [0.3, 0.4) is 0 Å². The van der Waals surface area contributed by atoms with E-state index >= 15 is 0 Å². The summed E-state index contributed by atoms with van der Waals surface area (Å²) >= 11 is 8.79. The minimum Gasteiger partial charge on any atom is -0.379 e. The van der Waals surface area contributed by atoms with Gasteiger partial charge in [-0.25, -0.2) is 8.42 Å². The van der Waals surface area contributed by atoms with Gasteiger partial charge in [0.1, 0.15) is 0 Å². The number of ether oxygens (including phenoxy) is 1. The molecule has 1 heterocycles. The van der Waals surface area contributed by atoms with Crippen molar-refractivity contribution in [1.29, 1.82) is 0 Å². The number of hydrogen-bond acceptors (Lipinski definition) is 4. The number of morpholine rings is 1. The lowest BCUT2D eigenvalue weighted by atomic mass is 10.2. The lowest BCUT2D eigenvalue weighted by molar-refractivity contribution is 0.0730. The highest BCUT2D eigenvalue weighted by Gasteiger charge is 2.26. The molecule has 0 saturated carbocycles. The first-order valence-corrected chi connectivity index (χ1v) is 11.0. The highest BCUT2D eigenvalue weighted by Crippen LogP contribution is 2.21. The zero-order valence-corrected chi connectivity index (χ0v) is 18.0. The molecule has 6 nitrogen and oxygen atoms in total. The molecule has 0 aromatic heterocycles. The zero-order chi connectivity index (χ0) is 19.4. The van der Waals surface area contributed by atoms with Crippen molar-refractivity contribution in [3.63, 3.8) is 0 Å². The van der Waals surface area contributed by atoms with E-state index in [1.54, 1.807) is 24.3 Å². The third kappa shape index (κ3) is 5.05. The zero-order valence-electron chi connectivity index (χ0n) is 14.7. The van der Waals surface area contributed by atoms with E-state index in [4.69, 9.17) is 17.0 Å². The first-order valence-electron chi connectivity index (χ1n) is 8.38. The maximum atomic E-state index is 12.6. The molecular formula is C18H20BrN3O3S2. The molecule has 144 valence electrons. The van der Waals surface area contributed by atoms with Crippen molar-refractivity contribution in [1.82, 2.24) is 4.31 Å². The van der Waals surface area contributed by atoms with Crippen molar-refractivity contribution in [2.45, 2.75) is 11.8 Å². The summed E-state index contributed by atoms with van der Waals surface area (Å²) in [6.45, 7) is 3.61. The highest BCUT2D eigenvalue weighted by molar-refractivity contribution is 9.10. The molecule has 0 atom stereocenters. The number of halogens is 1. The summed E-state index contributed by atoms with van der Waals surface area (Å²) in [7, 11) is -3.49. The predicted molar refractivity (Wildman–Crippen MR) is 115 cm³/mol. The predicted octanol–water partition coefficient (Wildman–Crippen LogP) is 3.59. The van der Waals surface area contributed by atoms with Gasteiger partial charge >= 0.3 is 0 Å².